The maximum absolute atomic E-state index is 12.9. The van der Waals surface area contributed by atoms with E-state index in [2.05, 4.69) is 5.32 Å². The zero-order valence-corrected chi connectivity index (χ0v) is 17.9. The van der Waals surface area contributed by atoms with Gasteiger partial charge in [-0.2, -0.15) is 0 Å². The molecule has 0 atom stereocenters. The van der Waals surface area contributed by atoms with Crippen molar-refractivity contribution in [1.82, 2.24) is 0 Å². The number of nitrogens with one attached hydrogen (secondary N) is 1. The molecule has 7 heteroatoms. The summed E-state index contributed by atoms with van der Waals surface area (Å²) in [5.74, 6) is 0.271. The normalized spacial score (nSPS) is 11.0. The van der Waals surface area contributed by atoms with Gasteiger partial charge in [0.2, 0.25) is 0 Å². The van der Waals surface area contributed by atoms with Crippen LogP contribution in [0.2, 0.25) is 0 Å². The molecule has 0 aliphatic rings. The molecular weight excluding hydrogens is 400 g/mol. The highest BCUT2D eigenvalue weighted by Gasteiger charge is 2.21. The number of hydrogen-bond donors (Lipinski definition) is 1. The summed E-state index contributed by atoms with van der Waals surface area (Å²) < 4.78 is 32.7. The minimum Gasteiger partial charge on any atom is -0.483 e. The van der Waals surface area contributed by atoms with E-state index in [0.29, 0.717) is 17.1 Å². The Morgan fingerprint density at radius 3 is 2.40 bits per heavy atom. The number of aryl methyl sites for hydroxylation is 1. The first-order chi connectivity index (χ1) is 14.3. The summed E-state index contributed by atoms with van der Waals surface area (Å²) in [4.78, 5) is 12.4. The number of nitrogens with zero attached hydrogens (tertiary/aromatic N) is 1. The predicted octanol–water partition coefficient (Wildman–Crippen LogP) is 4.15. The van der Waals surface area contributed by atoms with Crippen LogP contribution < -0.4 is 14.4 Å². The summed E-state index contributed by atoms with van der Waals surface area (Å²) >= 11 is 0. The van der Waals surface area contributed by atoms with Gasteiger partial charge in [-0.3, -0.25) is 9.10 Å². The van der Waals surface area contributed by atoms with Crippen molar-refractivity contribution < 1.29 is 17.9 Å². The van der Waals surface area contributed by atoms with Gasteiger partial charge in [-0.25, -0.2) is 8.42 Å². The molecule has 0 aliphatic carbocycles. The van der Waals surface area contributed by atoms with Crippen molar-refractivity contribution in [2.45, 2.75) is 18.7 Å². The van der Waals surface area contributed by atoms with Gasteiger partial charge in [-0.05, 0) is 61.4 Å². The fourth-order valence-corrected chi connectivity index (χ4v) is 4.13. The smallest absolute Gasteiger partial charge is 0.264 e. The lowest BCUT2D eigenvalue weighted by Gasteiger charge is -2.20. The van der Waals surface area contributed by atoms with Crippen molar-refractivity contribution >= 4 is 27.3 Å². The molecule has 0 heterocycles. The Labute approximate surface area is 177 Å². The summed E-state index contributed by atoms with van der Waals surface area (Å²) in [5, 5.41) is 2.69. The zero-order valence-electron chi connectivity index (χ0n) is 17.1. The molecule has 0 aliphatic heterocycles. The quantitative estimate of drug-likeness (QED) is 0.618. The molecule has 30 heavy (non-hydrogen) atoms. The van der Waals surface area contributed by atoms with Crippen molar-refractivity contribution in [3.05, 3.63) is 83.9 Å². The maximum Gasteiger partial charge on any atom is 0.264 e. The van der Waals surface area contributed by atoms with Gasteiger partial charge in [0.1, 0.15) is 5.75 Å². The van der Waals surface area contributed by atoms with Gasteiger partial charge in [0.25, 0.3) is 15.9 Å². The van der Waals surface area contributed by atoms with E-state index in [0.717, 1.165) is 11.1 Å². The third-order valence-electron chi connectivity index (χ3n) is 4.81. The summed E-state index contributed by atoms with van der Waals surface area (Å²) in [6.07, 6.45) is 0. The van der Waals surface area contributed by atoms with Crippen LogP contribution in [-0.4, -0.2) is 28.0 Å². The van der Waals surface area contributed by atoms with Crippen LogP contribution >= 0.6 is 0 Å². The Morgan fingerprint density at radius 1 is 0.967 bits per heavy atom. The van der Waals surface area contributed by atoms with Gasteiger partial charge in [0.15, 0.2) is 6.61 Å². The van der Waals surface area contributed by atoms with Gasteiger partial charge < -0.3 is 10.1 Å². The molecule has 3 rings (SSSR count). The number of carbonyl (C=O) groups excluding carboxylic acids is 1. The van der Waals surface area contributed by atoms with Crippen LogP contribution in [0, 0.1) is 13.8 Å². The molecule has 0 radical (unpaired) electrons. The molecule has 3 aromatic rings. The van der Waals surface area contributed by atoms with Crippen LogP contribution in [-0.2, 0) is 14.8 Å². The van der Waals surface area contributed by atoms with E-state index in [1.807, 2.05) is 38.1 Å². The molecule has 6 nitrogen and oxygen atoms in total. The molecule has 1 amide bonds. The molecule has 0 spiro atoms. The average molecular weight is 425 g/mol. The molecule has 0 aromatic heterocycles. The highest BCUT2D eigenvalue weighted by atomic mass is 32.2. The number of benzene rings is 3. The molecule has 0 unspecified atom stereocenters. The Hall–Kier alpha value is -3.32. The number of anilines is 2. The highest BCUT2D eigenvalue weighted by Crippen LogP contribution is 2.24. The second kappa shape index (κ2) is 9.00. The first kappa shape index (κ1) is 21.4. The fraction of sp³-hybridized carbons (Fsp3) is 0.174. The van der Waals surface area contributed by atoms with E-state index in [-0.39, 0.29) is 17.4 Å². The second-order valence-corrected chi connectivity index (χ2v) is 8.84. The Bertz CT molecular complexity index is 1140. The maximum atomic E-state index is 12.9. The second-order valence-electron chi connectivity index (χ2n) is 6.87. The van der Waals surface area contributed by atoms with E-state index in [1.165, 1.54) is 23.5 Å². The van der Waals surface area contributed by atoms with Gasteiger partial charge in [0.05, 0.1) is 10.6 Å². The van der Waals surface area contributed by atoms with Crippen molar-refractivity contribution in [2.75, 3.05) is 23.3 Å². The van der Waals surface area contributed by atoms with Crippen LogP contribution in [0.25, 0.3) is 0 Å². The SMILES string of the molecule is Cc1cccc(OCC(=O)Nc2cccc(S(=O)(=O)N(C)c3ccccc3)c2)c1C. The number of rotatable bonds is 7. The first-order valence-corrected chi connectivity index (χ1v) is 10.9. The first-order valence-electron chi connectivity index (χ1n) is 9.42. The number of ether oxygens (including phenoxy) is 1. The molecule has 0 fully saturated rings. The molecule has 156 valence electrons. The van der Waals surface area contributed by atoms with E-state index in [9.17, 15) is 13.2 Å². The molecule has 1 N–H and O–H groups in total. The van der Waals surface area contributed by atoms with E-state index < -0.39 is 10.0 Å². The van der Waals surface area contributed by atoms with Gasteiger partial charge in [-0.15, -0.1) is 0 Å². The van der Waals surface area contributed by atoms with E-state index >= 15 is 0 Å². The lowest BCUT2D eigenvalue weighted by molar-refractivity contribution is -0.118. The molecule has 0 bridgehead atoms. The third kappa shape index (κ3) is 4.80. The van der Waals surface area contributed by atoms with Crippen LogP contribution in [0.5, 0.6) is 5.75 Å². The number of carbonyl (C=O) groups is 1. The Kier molecular flexibility index (Phi) is 6.42. The van der Waals surface area contributed by atoms with E-state index in [4.69, 9.17) is 4.74 Å². The number of amides is 1. The summed E-state index contributed by atoms with van der Waals surface area (Å²) in [5.41, 5.74) is 2.98. The molecule has 3 aromatic carbocycles. The van der Waals surface area contributed by atoms with Gasteiger partial charge >= 0.3 is 0 Å². The predicted molar refractivity (Wildman–Crippen MR) is 119 cm³/mol. The lowest BCUT2D eigenvalue weighted by atomic mass is 10.1. The standard InChI is InChI=1S/C23H24N2O4S/c1-17-9-7-14-22(18(17)2)29-16-23(26)24-19-10-8-13-21(15-19)30(27,28)25(3)20-11-5-4-6-12-20/h4-15H,16H2,1-3H3,(H,24,26). The number of sulfonamides is 1. The molecule has 0 saturated carbocycles. The monoisotopic (exact) mass is 424 g/mol. The molecule has 0 saturated heterocycles. The minimum atomic E-state index is -3.77. The summed E-state index contributed by atoms with van der Waals surface area (Å²) in [6.45, 7) is 3.73. The number of para-hydroxylation sites is 1. The van der Waals surface area contributed by atoms with Gasteiger partial charge in [-0.1, -0.05) is 36.4 Å². The fourth-order valence-electron chi connectivity index (χ4n) is 2.89. The van der Waals surface area contributed by atoms with Crippen molar-refractivity contribution in [1.29, 1.82) is 0 Å². The molecular formula is C23H24N2O4S. The highest BCUT2D eigenvalue weighted by molar-refractivity contribution is 7.92. The van der Waals surface area contributed by atoms with Crippen molar-refractivity contribution in [3.63, 3.8) is 0 Å². The van der Waals surface area contributed by atoms with E-state index in [1.54, 1.807) is 36.4 Å². The van der Waals surface area contributed by atoms with Crippen molar-refractivity contribution in [2.24, 2.45) is 0 Å². The average Bonchev–Trinajstić information content (AvgIpc) is 2.75. The van der Waals surface area contributed by atoms with Crippen LogP contribution in [0.4, 0.5) is 11.4 Å². The summed E-state index contributed by atoms with van der Waals surface area (Å²) in [7, 11) is -2.27. The Morgan fingerprint density at radius 2 is 1.67 bits per heavy atom. The minimum absolute atomic E-state index is 0.0853. The summed E-state index contributed by atoms with van der Waals surface area (Å²) in [6, 6.07) is 20.6. The van der Waals surface area contributed by atoms with Gasteiger partial charge in [0, 0.05) is 12.7 Å². The lowest BCUT2D eigenvalue weighted by Crippen LogP contribution is -2.26. The number of hydrogen-bond acceptors (Lipinski definition) is 4. The van der Waals surface area contributed by atoms with Crippen molar-refractivity contribution in [3.8, 4) is 5.75 Å². The third-order valence-corrected chi connectivity index (χ3v) is 6.59. The van der Waals surface area contributed by atoms with Crippen LogP contribution in [0.15, 0.2) is 77.7 Å². The Balaban J connectivity index is 1.70. The van der Waals surface area contributed by atoms with Crippen LogP contribution in [0.3, 0.4) is 0 Å². The topological polar surface area (TPSA) is 75.7 Å². The van der Waals surface area contributed by atoms with Crippen LogP contribution in [0.1, 0.15) is 11.1 Å². The zero-order chi connectivity index (χ0) is 21.7. The largest absolute Gasteiger partial charge is 0.483 e.